The highest BCUT2D eigenvalue weighted by Gasteiger charge is 2.40. The zero-order valence-electron chi connectivity index (χ0n) is 22.0. The first kappa shape index (κ1) is 28.7. The van der Waals surface area contributed by atoms with Gasteiger partial charge in [-0.3, -0.25) is 14.5 Å². The minimum absolute atomic E-state index is 0.0875. The van der Waals surface area contributed by atoms with Crippen LogP contribution in [0.2, 0.25) is 0 Å². The van der Waals surface area contributed by atoms with E-state index in [1.165, 1.54) is 35.6 Å². The summed E-state index contributed by atoms with van der Waals surface area (Å²) in [5, 5.41) is 10.5. The van der Waals surface area contributed by atoms with Crippen LogP contribution in [-0.4, -0.2) is 40.5 Å². The molecule has 1 atom stereocenters. The van der Waals surface area contributed by atoms with Crippen molar-refractivity contribution < 1.29 is 36.3 Å². The van der Waals surface area contributed by atoms with Crippen molar-refractivity contribution in [3.63, 3.8) is 0 Å². The Morgan fingerprint density at radius 2 is 1.93 bits per heavy atom. The van der Waals surface area contributed by atoms with Crippen molar-refractivity contribution in [2.45, 2.75) is 24.4 Å². The Morgan fingerprint density at radius 3 is 2.64 bits per heavy atom. The number of hydrogen-bond acceptors (Lipinski definition) is 8. The van der Waals surface area contributed by atoms with Crippen molar-refractivity contribution in [2.75, 3.05) is 12.4 Å². The number of rotatable bonds is 9. The summed E-state index contributed by atoms with van der Waals surface area (Å²) in [6.45, 7) is 0.0875. The lowest BCUT2D eigenvalue weighted by atomic mass is 10.1. The molecule has 3 heterocycles. The number of furan rings is 2. The zero-order chi connectivity index (χ0) is 29.7. The van der Waals surface area contributed by atoms with E-state index < -0.39 is 17.0 Å². The van der Waals surface area contributed by atoms with E-state index in [0.29, 0.717) is 17.2 Å². The van der Waals surface area contributed by atoms with Gasteiger partial charge in [0.25, 0.3) is 0 Å². The first-order valence-electron chi connectivity index (χ1n) is 12.5. The second-order valence-electron chi connectivity index (χ2n) is 9.00. The van der Waals surface area contributed by atoms with E-state index >= 15 is 0 Å². The number of halogens is 3. The number of anilines is 1. The Bertz CT molecular complexity index is 1610. The fourth-order valence-electron chi connectivity index (χ4n) is 4.04. The molecule has 216 valence electrons. The SMILES string of the molecule is COc1ccc(NC(=O)CC2S/C(=N\N=C\c3ccc(-c4cccc(C(F)(F)F)c4)o3)N(Cc3ccco3)C2=O)cc1. The van der Waals surface area contributed by atoms with Gasteiger partial charge in [0.2, 0.25) is 11.8 Å². The van der Waals surface area contributed by atoms with Crippen molar-refractivity contribution in [1.29, 1.82) is 0 Å². The summed E-state index contributed by atoms with van der Waals surface area (Å²) in [6.07, 6.45) is -1.82. The number of amides is 2. The van der Waals surface area contributed by atoms with E-state index in [1.54, 1.807) is 49.6 Å². The maximum Gasteiger partial charge on any atom is 0.416 e. The van der Waals surface area contributed by atoms with Crippen LogP contribution in [0, 0.1) is 0 Å². The van der Waals surface area contributed by atoms with E-state index in [2.05, 4.69) is 15.5 Å². The third-order valence-corrected chi connectivity index (χ3v) is 7.25. The van der Waals surface area contributed by atoms with Gasteiger partial charge in [0.05, 0.1) is 31.7 Å². The molecule has 2 amide bonds. The molecule has 2 aromatic heterocycles. The fourth-order valence-corrected chi connectivity index (χ4v) is 5.13. The van der Waals surface area contributed by atoms with Gasteiger partial charge in [0.1, 0.15) is 28.3 Å². The molecule has 1 fully saturated rings. The third kappa shape index (κ3) is 6.92. The lowest BCUT2D eigenvalue weighted by molar-refractivity contribution is -0.137. The molecule has 42 heavy (non-hydrogen) atoms. The van der Waals surface area contributed by atoms with E-state index in [0.717, 1.165) is 23.9 Å². The molecule has 2 aromatic carbocycles. The number of carbonyl (C=O) groups is 2. The number of nitrogens with zero attached hydrogens (tertiary/aromatic N) is 3. The van der Waals surface area contributed by atoms with Crippen molar-refractivity contribution in [3.05, 3.63) is 96.1 Å². The molecule has 1 aliphatic rings. The minimum Gasteiger partial charge on any atom is -0.497 e. The zero-order valence-corrected chi connectivity index (χ0v) is 22.8. The Kier molecular flexibility index (Phi) is 8.48. The van der Waals surface area contributed by atoms with Crippen LogP contribution in [0.1, 0.15) is 23.5 Å². The number of amidine groups is 1. The predicted octanol–water partition coefficient (Wildman–Crippen LogP) is 6.43. The predicted molar refractivity (Wildman–Crippen MR) is 151 cm³/mol. The second-order valence-corrected chi connectivity index (χ2v) is 10.2. The molecular weight excluding hydrogens is 573 g/mol. The highest BCUT2D eigenvalue weighted by Crippen LogP contribution is 2.33. The summed E-state index contributed by atoms with van der Waals surface area (Å²) in [4.78, 5) is 27.3. The van der Waals surface area contributed by atoms with Gasteiger partial charge in [-0.05, 0) is 60.7 Å². The van der Waals surface area contributed by atoms with Crippen LogP contribution in [0.15, 0.2) is 98.1 Å². The van der Waals surface area contributed by atoms with Gasteiger partial charge in [-0.15, -0.1) is 5.10 Å². The van der Waals surface area contributed by atoms with Crippen molar-refractivity contribution in [1.82, 2.24) is 4.90 Å². The van der Waals surface area contributed by atoms with Gasteiger partial charge in [0, 0.05) is 17.7 Å². The van der Waals surface area contributed by atoms with Crippen molar-refractivity contribution >= 4 is 40.6 Å². The van der Waals surface area contributed by atoms with Gasteiger partial charge in [-0.25, -0.2) is 0 Å². The highest BCUT2D eigenvalue weighted by molar-refractivity contribution is 8.15. The topological polar surface area (TPSA) is 110 Å². The molecule has 0 saturated carbocycles. The van der Waals surface area contributed by atoms with Crippen LogP contribution in [0.3, 0.4) is 0 Å². The maximum absolute atomic E-state index is 13.2. The van der Waals surface area contributed by atoms with Gasteiger partial charge >= 0.3 is 6.18 Å². The Balaban J connectivity index is 1.29. The summed E-state index contributed by atoms with van der Waals surface area (Å²) >= 11 is 1.09. The smallest absolute Gasteiger partial charge is 0.416 e. The highest BCUT2D eigenvalue weighted by atomic mass is 32.2. The second kappa shape index (κ2) is 12.4. The molecule has 4 aromatic rings. The van der Waals surface area contributed by atoms with Gasteiger partial charge < -0.3 is 18.9 Å². The molecule has 9 nitrogen and oxygen atoms in total. The normalized spacial score (nSPS) is 16.5. The van der Waals surface area contributed by atoms with Gasteiger partial charge in [-0.2, -0.15) is 18.3 Å². The number of thioether (sulfide) groups is 1. The van der Waals surface area contributed by atoms with Crippen LogP contribution in [0.4, 0.5) is 18.9 Å². The maximum atomic E-state index is 13.2. The molecule has 0 bridgehead atoms. The van der Waals surface area contributed by atoms with E-state index in [-0.39, 0.29) is 47.0 Å². The van der Waals surface area contributed by atoms with Crippen molar-refractivity contribution in [2.24, 2.45) is 10.2 Å². The molecule has 5 rings (SSSR count). The molecular formula is C29H23F3N4O5S. The molecule has 0 radical (unpaired) electrons. The summed E-state index contributed by atoms with van der Waals surface area (Å²) < 4.78 is 55.4. The van der Waals surface area contributed by atoms with E-state index in [4.69, 9.17) is 13.6 Å². The Labute approximate surface area is 242 Å². The minimum atomic E-state index is -4.48. The van der Waals surface area contributed by atoms with Crippen molar-refractivity contribution in [3.8, 4) is 17.1 Å². The molecule has 13 heteroatoms. The molecule has 0 aliphatic carbocycles. The van der Waals surface area contributed by atoms with Gasteiger partial charge in [0.15, 0.2) is 5.17 Å². The average Bonchev–Trinajstić information content (AvgIpc) is 3.72. The number of hydrogen-bond donors (Lipinski definition) is 1. The molecule has 1 aliphatic heterocycles. The van der Waals surface area contributed by atoms with E-state index in [9.17, 15) is 22.8 Å². The first-order valence-corrected chi connectivity index (χ1v) is 13.4. The van der Waals surface area contributed by atoms with Crippen LogP contribution < -0.4 is 10.1 Å². The van der Waals surface area contributed by atoms with Crippen LogP contribution in [0.5, 0.6) is 5.75 Å². The van der Waals surface area contributed by atoms with Crippen LogP contribution in [-0.2, 0) is 22.3 Å². The largest absolute Gasteiger partial charge is 0.497 e. The summed E-state index contributed by atoms with van der Waals surface area (Å²) in [5.41, 5.74) is 0.0306. The number of methoxy groups -OCH3 is 1. The number of ether oxygens (including phenoxy) is 1. The monoisotopic (exact) mass is 596 g/mol. The Morgan fingerprint density at radius 1 is 1.12 bits per heavy atom. The number of carbonyl (C=O) groups excluding carboxylic acids is 2. The quantitative estimate of drug-likeness (QED) is 0.176. The van der Waals surface area contributed by atoms with Crippen LogP contribution in [0.25, 0.3) is 11.3 Å². The Hall–Kier alpha value is -4.78. The van der Waals surface area contributed by atoms with Crippen LogP contribution >= 0.6 is 11.8 Å². The first-order chi connectivity index (χ1) is 20.2. The number of alkyl halides is 3. The number of benzene rings is 2. The standard InChI is InChI=1S/C29H23F3N4O5S/c1-39-21-9-7-20(8-10-21)34-26(37)15-25-27(38)36(17-23-6-3-13-40-23)28(42-25)35-33-16-22-11-12-24(41-22)18-4-2-5-19(14-18)29(30,31)32/h2-14,16,25H,15,17H2,1H3,(H,34,37)/b33-16+,35-28-. The lowest BCUT2D eigenvalue weighted by Crippen LogP contribution is -2.33. The molecule has 0 spiro atoms. The number of nitrogens with one attached hydrogen (secondary N) is 1. The molecule has 1 N–H and O–H groups in total. The summed E-state index contributed by atoms with van der Waals surface area (Å²) in [5.74, 6) is 0.940. The third-order valence-electron chi connectivity index (χ3n) is 6.09. The lowest BCUT2D eigenvalue weighted by Gasteiger charge is -2.14. The molecule has 1 unspecified atom stereocenters. The summed E-state index contributed by atoms with van der Waals surface area (Å²) in [7, 11) is 1.54. The fraction of sp³-hybridized carbons (Fsp3) is 0.172. The summed E-state index contributed by atoms with van der Waals surface area (Å²) in [6, 6.07) is 18.1. The average molecular weight is 597 g/mol. The van der Waals surface area contributed by atoms with Gasteiger partial charge in [-0.1, -0.05) is 23.9 Å². The molecule has 1 saturated heterocycles. The van der Waals surface area contributed by atoms with E-state index in [1.807, 2.05) is 0 Å².